The number of nitrogens with one attached hydrogen (secondary N) is 1. The van der Waals surface area contributed by atoms with Gasteiger partial charge in [0.25, 0.3) is 0 Å². The van der Waals surface area contributed by atoms with Crippen LogP contribution in [-0.4, -0.2) is 29.0 Å². The Hall–Kier alpha value is -1.75. The van der Waals surface area contributed by atoms with Gasteiger partial charge in [0, 0.05) is 0 Å². The SMILES string of the molecule is CCCC(C)(C)COc1ccc(C(NC(=O)OC(C)(C)C)C(C)(C)O)cc1. The van der Waals surface area contributed by atoms with E-state index in [1.54, 1.807) is 34.6 Å². The molecule has 0 fully saturated rings. The first-order chi connectivity index (χ1) is 12.2. The first kappa shape index (κ1) is 23.3. The minimum Gasteiger partial charge on any atom is -0.493 e. The lowest BCUT2D eigenvalue weighted by atomic mass is 9.89. The van der Waals surface area contributed by atoms with E-state index >= 15 is 0 Å². The van der Waals surface area contributed by atoms with Crippen molar-refractivity contribution >= 4 is 6.09 Å². The Morgan fingerprint density at radius 2 is 1.63 bits per heavy atom. The fourth-order valence-corrected chi connectivity index (χ4v) is 2.88. The van der Waals surface area contributed by atoms with Crippen LogP contribution in [0.15, 0.2) is 24.3 Å². The van der Waals surface area contributed by atoms with Crippen molar-refractivity contribution in [2.45, 2.75) is 85.5 Å². The molecule has 1 atom stereocenters. The Morgan fingerprint density at radius 1 is 1.07 bits per heavy atom. The van der Waals surface area contributed by atoms with Crippen LogP contribution in [0, 0.1) is 5.41 Å². The summed E-state index contributed by atoms with van der Waals surface area (Å²) in [6, 6.07) is 6.86. The molecule has 0 saturated heterocycles. The number of rotatable bonds is 8. The van der Waals surface area contributed by atoms with Crippen LogP contribution >= 0.6 is 0 Å². The van der Waals surface area contributed by atoms with Crippen molar-refractivity contribution in [3.05, 3.63) is 29.8 Å². The highest BCUT2D eigenvalue weighted by Crippen LogP contribution is 2.29. The van der Waals surface area contributed by atoms with Crippen molar-refractivity contribution in [3.63, 3.8) is 0 Å². The molecular formula is C22H37NO4. The van der Waals surface area contributed by atoms with E-state index < -0.39 is 23.3 Å². The lowest BCUT2D eigenvalue weighted by Crippen LogP contribution is -2.44. The largest absolute Gasteiger partial charge is 0.493 e. The minimum atomic E-state index is -1.15. The summed E-state index contributed by atoms with van der Waals surface area (Å²) in [6.45, 7) is 15.9. The van der Waals surface area contributed by atoms with E-state index in [1.807, 2.05) is 24.3 Å². The second kappa shape index (κ2) is 8.96. The van der Waals surface area contributed by atoms with Gasteiger partial charge in [0.15, 0.2) is 0 Å². The van der Waals surface area contributed by atoms with E-state index in [2.05, 4.69) is 26.1 Å². The zero-order valence-corrected chi connectivity index (χ0v) is 18.2. The van der Waals surface area contributed by atoms with Gasteiger partial charge in [0.1, 0.15) is 11.4 Å². The predicted molar refractivity (Wildman–Crippen MR) is 109 cm³/mol. The first-order valence-corrected chi connectivity index (χ1v) is 9.68. The van der Waals surface area contributed by atoms with Crippen LogP contribution in [0.4, 0.5) is 4.79 Å². The summed E-state index contributed by atoms with van der Waals surface area (Å²) in [5, 5.41) is 13.3. The maximum Gasteiger partial charge on any atom is 0.408 e. The molecule has 1 amide bonds. The van der Waals surface area contributed by atoms with E-state index in [-0.39, 0.29) is 5.41 Å². The van der Waals surface area contributed by atoms with E-state index in [0.29, 0.717) is 6.61 Å². The molecule has 1 aromatic rings. The molecule has 0 aliphatic carbocycles. The van der Waals surface area contributed by atoms with Gasteiger partial charge in [-0.05, 0) is 64.2 Å². The van der Waals surface area contributed by atoms with Crippen LogP contribution in [0.5, 0.6) is 5.75 Å². The number of carbonyl (C=O) groups excluding carboxylic acids is 1. The summed E-state index contributed by atoms with van der Waals surface area (Å²) < 4.78 is 11.2. The van der Waals surface area contributed by atoms with Gasteiger partial charge in [0.2, 0.25) is 0 Å². The average molecular weight is 380 g/mol. The molecule has 1 aromatic carbocycles. The standard InChI is InChI=1S/C22H37NO4/c1-9-14-21(5,6)15-26-17-12-10-16(11-13-17)18(22(7,8)25)23-19(24)27-20(2,3)4/h10-13,18,25H,9,14-15H2,1-8H3,(H,23,24). The lowest BCUT2D eigenvalue weighted by Gasteiger charge is -2.31. The summed E-state index contributed by atoms with van der Waals surface area (Å²) in [4.78, 5) is 12.2. The van der Waals surface area contributed by atoms with Gasteiger partial charge in [-0.3, -0.25) is 0 Å². The van der Waals surface area contributed by atoms with Crippen molar-refractivity contribution in [2.75, 3.05) is 6.61 Å². The molecule has 154 valence electrons. The highest BCUT2D eigenvalue weighted by Gasteiger charge is 2.31. The summed E-state index contributed by atoms with van der Waals surface area (Å²) in [5.41, 5.74) is -0.838. The molecule has 2 N–H and O–H groups in total. The third kappa shape index (κ3) is 8.65. The third-order valence-electron chi connectivity index (χ3n) is 4.14. The minimum absolute atomic E-state index is 0.126. The maximum atomic E-state index is 12.2. The van der Waals surface area contributed by atoms with Gasteiger partial charge >= 0.3 is 6.09 Å². The monoisotopic (exact) mass is 379 g/mol. The van der Waals surface area contributed by atoms with Crippen molar-refractivity contribution in [1.82, 2.24) is 5.32 Å². The number of alkyl carbamates (subject to hydrolysis) is 1. The Morgan fingerprint density at radius 3 is 2.07 bits per heavy atom. The highest BCUT2D eigenvalue weighted by atomic mass is 16.6. The van der Waals surface area contributed by atoms with Gasteiger partial charge in [0.05, 0.1) is 18.2 Å². The topological polar surface area (TPSA) is 67.8 Å². The summed E-state index contributed by atoms with van der Waals surface area (Å²) in [7, 11) is 0. The number of ether oxygens (including phenoxy) is 2. The average Bonchev–Trinajstić information content (AvgIpc) is 2.48. The van der Waals surface area contributed by atoms with Crippen LogP contribution in [0.25, 0.3) is 0 Å². The molecule has 0 aliphatic heterocycles. The molecule has 0 heterocycles. The van der Waals surface area contributed by atoms with Crippen molar-refractivity contribution in [2.24, 2.45) is 5.41 Å². The Balaban J connectivity index is 2.85. The van der Waals surface area contributed by atoms with Gasteiger partial charge in [-0.15, -0.1) is 0 Å². The van der Waals surface area contributed by atoms with Crippen LogP contribution in [0.2, 0.25) is 0 Å². The predicted octanol–water partition coefficient (Wildman–Crippen LogP) is 5.23. The zero-order valence-electron chi connectivity index (χ0n) is 18.2. The highest BCUT2D eigenvalue weighted by molar-refractivity contribution is 5.68. The molecule has 5 heteroatoms. The number of hydrogen-bond acceptors (Lipinski definition) is 4. The fraction of sp³-hybridized carbons (Fsp3) is 0.682. The Labute approximate surface area is 164 Å². The summed E-state index contributed by atoms with van der Waals surface area (Å²) in [5.74, 6) is 0.773. The normalized spacial score (nSPS) is 13.8. The van der Waals surface area contributed by atoms with Crippen molar-refractivity contribution in [1.29, 1.82) is 0 Å². The van der Waals surface area contributed by atoms with E-state index in [0.717, 1.165) is 24.2 Å². The fourth-order valence-electron chi connectivity index (χ4n) is 2.88. The Bertz CT molecular complexity index is 594. The maximum absolute atomic E-state index is 12.2. The third-order valence-corrected chi connectivity index (χ3v) is 4.14. The molecule has 0 aliphatic rings. The quantitative estimate of drug-likeness (QED) is 0.649. The number of benzene rings is 1. The second-order valence-corrected chi connectivity index (χ2v) is 9.50. The van der Waals surface area contributed by atoms with E-state index in [1.165, 1.54) is 0 Å². The van der Waals surface area contributed by atoms with Gasteiger partial charge in [-0.2, -0.15) is 0 Å². The zero-order chi connectivity index (χ0) is 20.9. The smallest absolute Gasteiger partial charge is 0.408 e. The first-order valence-electron chi connectivity index (χ1n) is 9.68. The Kier molecular flexibility index (Phi) is 7.73. The molecule has 5 nitrogen and oxygen atoms in total. The second-order valence-electron chi connectivity index (χ2n) is 9.50. The molecule has 0 bridgehead atoms. The molecule has 27 heavy (non-hydrogen) atoms. The van der Waals surface area contributed by atoms with Crippen molar-refractivity contribution in [3.8, 4) is 5.75 Å². The molecule has 0 spiro atoms. The molecule has 0 saturated carbocycles. The lowest BCUT2D eigenvalue weighted by molar-refractivity contribution is 0.0163. The number of hydrogen-bond donors (Lipinski definition) is 2. The van der Waals surface area contributed by atoms with E-state index in [9.17, 15) is 9.90 Å². The van der Waals surface area contributed by atoms with Crippen LogP contribution in [-0.2, 0) is 4.74 Å². The van der Waals surface area contributed by atoms with Crippen molar-refractivity contribution < 1.29 is 19.4 Å². The number of aliphatic hydroxyl groups is 1. The number of amides is 1. The molecule has 1 unspecified atom stereocenters. The number of carbonyl (C=O) groups is 1. The van der Waals surface area contributed by atoms with Gasteiger partial charge in [-0.25, -0.2) is 4.79 Å². The summed E-state index contributed by atoms with van der Waals surface area (Å²) in [6.07, 6.45) is 1.67. The van der Waals surface area contributed by atoms with E-state index in [4.69, 9.17) is 9.47 Å². The molecule has 1 rings (SSSR count). The van der Waals surface area contributed by atoms with Crippen LogP contribution in [0.3, 0.4) is 0 Å². The molecule has 0 aromatic heterocycles. The molecular weight excluding hydrogens is 342 g/mol. The van der Waals surface area contributed by atoms with Gasteiger partial charge < -0.3 is 19.9 Å². The summed E-state index contributed by atoms with van der Waals surface area (Å²) >= 11 is 0. The van der Waals surface area contributed by atoms with Gasteiger partial charge in [-0.1, -0.05) is 39.3 Å². The van der Waals surface area contributed by atoms with Crippen LogP contribution in [0.1, 0.15) is 79.8 Å². The molecule has 0 radical (unpaired) electrons. The van der Waals surface area contributed by atoms with Crippen LogP contribution < -0.4 is 10.1 Å².